The predicted molar refractivity (Wildman–Crippen MR) is 77.0 cm³/mol. The van der Waals surface area contributed by atoms with E-state index in [0.717, 1.165) is 16.7 Å². The van der Waals surface area contributed by atoms with Gasteiger partial charge in [-0.3, -0.25) is 4.79 Å². The smallest absolute Gasteiger partial charge is 0.224 e. The standard InChI is InChI=1S/C17H15NO/c1-4-14-10-11-15-8-6-7-9-16(15)12-18(13(3)19)17(14)5-2/h4-9H,1-2,12H2,3H3/b17-14-. The summed E-state index contributed by atoms with van der Waals surface area (Å²) in [6.07, 6.45) is 3.31. The highest BCUT2D eigenvalue weighted by atomic mass is 16.2. The molecule has 0 fully saturated rings. The molecule has 2 nitrogen and oxygen atoms in total. The number of hydrogen-bond donors (Lipinski definition) is 0. The Kier molecular flexibility index (Phi) is 3.68. The average molecular weight is 249 g/mol. The number of carbonyl (C=O) groups excluding carboxylic acids is 1. The molecule has 1 aromatic rings. The number of benzene rings is 1. The maximum Gasteiger partial charge on any atom is 0.224 e. The number of allylic oxidation sites excluding steroid dienone is 3. The monoisotopic (exact) mass is 249 g/mol. The summed E-state index contributed by atoms with van der Waals surface area (Å²) in [5, 5.41) is 0. The van der Waals surface area contributed by atoms with Crippen LogP contribution in [0, 0.1) is 11.8 Å². The Bertz CT molecular complexity index is 641. The quantitative estimate of drug-likeness (QED) is 0.738. The van der Waals surface area contributed by atoms with E-state index >= 15 is 0 Å². The zero-order chi connectivity index (χ0) is 13.8. The zero-order valence-electron chi connectivity index (χ0n) is 10.9. The Hall–Kier alpha value is -2.53. The Morgan fingerprint density at radius 3 is 2.63 bits per heavy atom. The van der Waals surface area contributed by atoms with E-state index in [-0.39, 0.29) is 5.91 Å². The van der Waals surface area contributed by atoms with Crippen LogP contribution in [-0.2, 0) is 11.3 Å². The molecule has 0 spiro atoms. The fourth-order valence-corrected chi connectivity index (χ4v) is 2.04. The summed E-state index contributed by atoms with van der Waals surface area (Å²) in [6.45, 7) is 9.58. The second-order valence-electron chi connectivity index (χ2n) is 4.22. The van der Waals surface area contributed by atoms with Gasteiger partial charge in [0.1, 0.15) is 0 Å². The minimum Gasteiger partial charge on any atom is -0.307 e. The fourth-order valence-electron chi connectivity index (χ4n) is 2.04. The molecule has 1 aromatic carbocycles. The van der Waals surface area contributed by atoms with Crippen molar-refractivity contribution in [2.45, 2.75) is 13.5 Å². The number of amides is 1. The van der Waals surface area contributed by atoms with Gasteiger partial charge in [0.05, 0.1) is 12.2 Å². The number of rotatable bonds is 2. The van der Waals surface area contributed by atoms with Crippen LogP contribution < -0.4 is 0 Å². The third-order valence-electron chi connectivity index (χ3n) is 3.02. The van der Waals surface area contributed by atoms with Crippen LogP contribution in [0.15, 0.2) is 60.8 Å². The molecule has 2 rings (SSSR count). The highest BCUT2D eigenvalue weighted by Crippen LogP contribution is 2.21. The molecule has 19 heavy (non-hydrogen) atoms. The minimum atomic E-state index is -0.0345. The second kappa shape index (κ2) is 5.41. The van der Waals surface area contributed by atoms with E-state index in [1.165, 1.54) is 0 Å². The zero-order valence-corrected chi connectivity index (χ0v) is 10.9. The van der Waals surface area contributed by atoms with Gasteiger partial charge in [-0.1, -0.05) is 49.3 Å². The van der Waals surface area contributed by atoms with Gasteiger partial charge in [0, 0.05) is 18.1 Å². The van der Waals surface area contributed by atoms with Crippen molar-refractivity contribution in [2.24, 2.45) is 0 Å². The molecule has 0 saturated carbocycles. The van der Waals surface area contributed by atoms with E-state index in [1.807, 2.05) is 24.3 Å². The summed E-state index contributed by atoms with van der Waals surface area (Å²) in [5.74, 6) is 6.15. The number of fused-ring (bicyclic) bond motifs is 1. The molecule has 0 unspecified atom stereocenters. The van der Waals surface area contributed by atoms with E-state index in [2.05, 4.69) is 25.0 Å². The Balaban J connectivity index is 2.67. The van der Waals surface area contributed by atoms with Gasteiger partial charge in [-0.05, 0) is 17.7 Å². The summed E-state index contributed by atoms with van der Waals surface area (Å²) in [6, 6.07) is 7.84. The Labute approximate surface area is 113 Å². The normalized spacial score (nSPS) is 17.4. The van der Waals surface area contributed by atoms with Crippen molar-refractivity contribution in [1.29, 1.82) is 0 Å². The molecule has 0 radical (unpaired) electrons. The SMILES string of the molecule is C=C/C1=C(\C=C)N(C(C)=O)Cc2ccccc2C#C1. The van der Waals surface area contributed by atoms with E-state index in [1.54, 1.807) is 24.0 Å². The van der Waals surface area contributed by atoms with Gasteiger partial charge >= 0.3 is 0 Å². The third-order valence-corrected chi connectivity index (χ3v) is 3.02. The first-order valence-corrected chi connectivity index (χ1v) is 6.04. The molecular formula is C17H15NO. The first-order chi connectivity index (χ1) is 9.17. The van der Waals surface area contributed by atoms with Crippen molar-refractivity contribution in [1.82, 2.24) is 4.90 Å². The van der Waals surface area contributed by atoms with Gasteiger partial charge in [0.2, 0.25) is 5.91 Å². The lowest BCUT2D eigenvalue weighted by molar-refractivity contribution is -0.127. The van der Waals surface area contributed by atoms with Gasteiger partial charge in [-0.15, -0.1) is 0 Å². The molecule has 1 heterocycles. The third kappa shape index (κ3) is 2.51. The molecule has 0 aromatic heterocycles. The molecule has 0 saturated heterocycles. The van der Waals surface area contributed by atoms with Gasteiger partial charge < -0.3 is 4.90 Å². The molecule has 94 valence electrons. The summed E-state index contributed by atoms with van der Waals surface area (Å²) in [7, 11) is 0. The number of carbonyl (C=O) groups is 1. The second-order valence-corrected chi connectivity index (χ2v) is 4.22. The summed E-state index contributed by atoms with van der Waals surface area (Å²) >= 11 is 0. The molecule has 0 N–H and O–H groups in total. The van der Waals surface area contributed by atoms with Gasteiger partial charge in [-0.2, -0.15) is 0 Å². The van der Waals surface area contributed by atoms with Crippen LogP contribution >= 0.6 is 0 Å². The van der Waals surface area contributed by atoms with Crippen LogP contribution in [0.5, 0.6) is 0 Å². The van der Waals surface area contributed by atoms with Crippen molar-refractivity contribution in [3.8, 4) is 11.8 Å². The summed E-state index contributed by atoms with van der Waals surface area (Å²) in [4.78, 5) is 13.5. The molecule has 0 bridgehead atoms. The largest absolute Gasteiger partial charge is 0.307 e. The summed E-state index contributed by atoms with van der Waals surface area (Å²) in [5.41, 5.74) is 3.41. The van der Waals surface area contributed by atoms with Crippen LogP contribution in [0.1, 0.15) is 18.1 Å². The van der Waals surface area contributed by atoms with E-state index in [0.29, 0.717) is 12.2 Å². The topological polar surface area (TPSA) is 20.3 Å². The number of nitrogens with zero attached hydrogens (tertiary/aromatic N) is 1. The molecule has 1 amide bonds. The fraction of sp³-hybridized carbons (Fsp3) is 0.118. The lowest BCUT2D eigenvalue weighted by Crippen LogP contribution is -2.28. The van der Waals surface area contributed by atoms with Crippen molar-refractivity contribution in [2.75, 3.05) is 0 Å². The van der Waals surface area contributed by atoms with Gasteiger partial charge in [-0.25, -0.2) is 0 Å². The minimum absolute atomic E-state index is 0.0345. The first kappa shape index (κ1) is 12.9. The number of hydrogen-bond acceptors (Lipinski definition) is 1. The lowest BCUT2D eigenvalue weighted by Gasteiger charge is -2.25. The lowest BCUT2D eigenvalue weighted by atomic mass is 10.0. The molecule has 1 aliphatic rings. The van der Waals surface area contributed by atoms with Crippen molar-refractivity contribution in [3.63, 3.8) is 0 Å². The highest BCUT2D eigenvalue weighted by molar-refractivity contribution is 5.77. The molecular weight excluding hydrogens is 234 g/mol. The molecule has 1 aliphatic heterocycles. The first-order valence-electron chi connectivity index (χ1n) is 6.04. The van der Waals surface area contributed by atoms with E-state index in [9.17, 15) is 4.79 Å². The highest BCUT2D eigenvalue weighted by Gasteiger charge is 2.17. The molecule has 0 atom stereocenters. The maximum atomic E-state index is 11.9. The van der Waals surface area contributed by atoms with Gasteiger partial charge in [0.25, 0.3) is 0 Å². The Morgan fingerprint density at radius 2 is 2.00 bits per heavy atom. The van der Waals surface area contributed by atoms with Crippen LogP contribution in [-0.4, -0.2) is 10.8 Å². The van der Waals surface area contributed by atoms with E-state index < -0.39 is 0 Å². The van der Waals surface area contributed by atoms with E-state index in [4.69, 9.17) is 0 Å². The summed E-state index contributed by atoms with van der Waals surface area (Å²) < 4.78 is 0. The Morgan fingerprint density at radius 1 is 1.26 bits per heavy atom. The maximum absolute atomic E-state index is 11.9. The average Bonchev–Trinajstić information content (AvgIpc) is 2.39. The van der Waals surface area contributed by atoms with Gasteiger partial charge in [0.15, 0.2) is 0 Å². The van der Waals surface area contributed by atoms with Crippen LogP contribution in [0.4, 0.5) is 0 Å². The molecule has 0 aliphatic carbocycles. The van der Waals surface area contributed by atoms with Crippen molar-refractivity contribution >= 4 is 5.91 Å². The predicted octanol–water partition coefficient (Wildman–Crippen LogP) is 3.03. The molecule has 2 heteroatoms. The van der Waals surface area contributed by atoms with Crippen LogP contribution in [0.25, 0.3) is 0 Å². The van der Waals surface area contributed by atoms with Crippen LogP contribution in [0.2, 0.25) is 0 Å². The van der Waals surface area contributed by atoms with Crippen LogP contribution in [0.3, 0.4) is 0 Å². The van der Waals surface area contributed by atoms with Crippen molar-refractivity contribution in [3.05, 3.63) is 72.0 Å². The van der Waals surface area contributed by atoms with Crippen molar-refractivity contribution < 1.29 is 4.79 Å².